The molecule has 0 saturated carbocycles. The molecule has 1 heterocycles. The molecule has 1 rings (SSSR count). The van der Waals surface area contributed by atoms with E-state index in [4.69, 9.17) is 0 Å². The Hall–Kier alpha value is -2.11. The lowest BCUT2D eigenvalue weighted by Gasteiger charge is -2.01. The fourth-order valence-corrected chi connectivity index (χ4v) is 1.14. The van der Waals surface area contributed by atoms with Gasteiger partial charge in [-0.3, -0.25) is 14.3 Å². The van der Waals surface area contributed by atoms with Crippen LogP contribution in [0, 0.1) is 0 Å². The van der Waals surface area contributed by atoms with E-state index in [2.05, 4.69) is 15.2 Å². The van der Waals surface area contributed by atoms with Crippen molar-refractivity contribution in [3.05, 3.63) is 24.0 Å². The summed E-state index contributed by atoms with van der Waals surface area (Å²) < 4.78 is 6.30. The highest BCUT2D eigenvalue weighted by Gasteiger charge is 2.03. The maximum atomic E-state index is 11.3. The molecule has 0 saturated heterocycles. The summed E-state index contributed by atoms with van der Waals surface area (Å²) >= 11 is 0. The van der Waals surface area contributed by atoms with Gasteiger partial charge in [-0.1, -0.05) is 0 Å². The molecular formula is C11H15N3O3. The highest BCUT2D eigenvalue weighted by Crippen LogP contribution is 1.98. The van der Waals surface area contributed by atoms with Crippen molar-refractivity contribution in [3.8, 4) is 0 Å². The first kappa shape index (κ1) is 13.0. The zero-order valence-corrected chi connectivity index (χ0v) is 9.84. The molecule has 92 valence electrons. The maximum Gasteiger partial charge on any atom is 0.325 e. The van der Waals surface area contributed by atoms with E-state index in [1.165, 1.54) is 6.08 Å². The van der Waals surface area contributed by atoms with Crippen molar-refractivity contribution in [2.45, 2.75) is 6.92 Å². The topological polar surface area (TPSA) is 73.2 Å². The first-order valence-corrected chi connectivity index (χ1v) is 5.23. The highest BCUT2D eigenvalue weighted by atomic mass is 16.5. The van der Waals surface area contributed by atoms with Crippen LogP contribution in [-0.4, -0.2) is 34.8 Å². The van der Waals surface area contributed by atoms with Crippen LogP contribution in [0.4, 0.5) is 0 Å². The summed E-state index contributed by atoms with van der Waals surface area (Å²) in [5.74, 6) is -0.797. The van der Waals surface area contributed by atoms with Crippen molar-refractivity contribution in [1.82, 2.24) is 15.1 Å². The maximum absolute atomic E-state index is 11.3. The first-order chi connectivity index (χ1) is 8.13. The van der Waals surface area contributed by atoms with Gasteiger partial charge in [0.1, 0.15) is 6.54 Å². The average molecular weight is 237 g/mol. The lowest BCUT2D eigenvalue weighted by Crippen LogP contribution is -2.29. The number of amides is 1. The van der Waals surface area contributed by atoms with Crippen LogP contribution in [0.15, 0.2) is 18.3 Å². The molecule has 1 N–H and O–H groups in total. The first-order valence-electron chi connectivity index (χ1n) is 5.23. The van der Waals surface area contributed by atoms with Gasteiger partial charge in [-0.25, -0.2) is 0 Å². The number of nitrogens with zero attached hydrogens (tertiary/aromatic N) is 2. The van der Waals surface area contributed by atoms with Gasteiger partial charge < -0.3 is 10.1 Å². The third kappa shape index (κ3) is 4.50. The second-order valence-electron chi connectivity index (χ2n) is 3.24. The SMILES string of the molecule is CCOC(=O)CNC(=O)/C=C/c1ccnn1C. The number of esters is 1. The van der Waals surface area contributed by atoms with E-state index in [1.807, 2.05) is 0 Å². The van der Waals surface area contributed by atoms with Crippen molar-refractivity contribution < 1.29 is 14.3 Å². The molecule has 0 bridgehead atoms. The molecule has 0 aliphatic heterocycles. The fraction of sp³-hybridized carbons (Fsp3) is 0.364. The Morgan fingerprint density at radius 3 is 2.94 bits per heavy atom. The Kier molecular flexibility index (Phi) is 4.93. The van der Waals surface area contributed by atoms with Crippen LogP contribution in [0.25, 0.3) is 6.08 Å². The normalized spacial score (nSPS) is 10.5. The van der Waals surface area contributed by atoms with Gasteiger partial charge in [-0.2, -0.15) is 5.10 Å². The number of aryl methyl sites for hydroxylation is 1. The number of nitrogens with one attached hydrogen (secondary N) is 1. The summed E-state index contributed by atoms with van der Waals surface area (Å²) in [6.45, 7) is 1.89. The van der Waals surface area contributed by atoms with Crippen LogP contribution in [0.1, 0.15) is 12.6 Å². The van der Waals surface area contributed by atoms with E-state index < -0.39 is 5.97 Å². The van der Waals surface area contributed by atoms with Crippen LogP contribution in [0.3, 0.4) is 0 Å². The lowest BCUT2D eigenvalue weighted by atomic mass is 10.3. The monoisotopic (exact) mass is 237 g/mol. The molecule has 0 aliphatic rings. The van der Waals surface area contributed by atoms with Crippen molar-refractivity contribution in [3.63, 3.8) is 0 Å². The second-order valence-corrected chi connectivity index (χ2v) is 3.24. The number of ether oxygens (including phenoxy) is 1. The molecule has 1 amide bonds. The molecule has 1 aromatic heterocycles. The van der Waals surface area contributed by atoms with Crippen LogP contribution in [-0.2, 0) is 21.4 Å². The molecule has 0 aromatic carbocycles. The zero-order chi connectivity index (χ0) is 12.7. The van der Waals surface area contributed by atoms with Crippen LogP contribution < -0.4 is 5.32 Å². The molecule has 0 unspecified atom stereocenters. The molecule has 0 aliphatic carbocycles. The van der Waals surface area contributed by atoms with Crippen molar-refractivity contribution in [1.29, 1.82) is 0 Å². The van der Waals surface area contributed by atoms with Gasteiger partial charge in [-0.05, 0) is 19.1 Å². The van der Waals surface area contributed by atoms with Gasteiger partial charge in [0.2, 0.25) is 5.91 Å². The minimum absolute atomic E-state index is 0.123. The second kappa shape index (κ2) is 6.47. The number of carbonyl (C=O) groups is 2. The molecule has 6 nitrogen and oxygen atoms in total. The predicted octanol–water partition coefficient (Wildman–Crippen LogP) is 0.113. The third-order valence-electron chi connectivity index (χ3n) is 1.98. The summed E-state index contributed by atoms with van der Waals surface area (Å²) in [7, 11) is 1.77. The number of carbonyl (C=O) groups excluding carboxylic acids is 2. The Morgan fingerprint density at radius 2 is 2.35 bits per heavy atom. The molecule has 1 aromatic rings. The average Bonchev–Trinajstić information content (AvgIpc) is 2.70. The van der Waals surface area contributed by atoms with Gasteiger partial charge >= 0.3 is 5.97 Å². The minimum atomic E-state index is -0.449. The summed E-state index contributed by atoms with van der Waals surface area (Å²) in [6.07, 6.45) is 4.60. The Labute approximate surface area is 99.3 Å². The smallest absolute Gasteiger partial charge is 0.325 e. The highest BCUT2D eigenvalue weighted by molar-refractivity contribution is 5.93. The fourth-order valence-electron chi connectivity index (χ4n) is 1.14. The molecule has 0 spiro atoms. The Balaban J connectivity index is 2.37. The van der Waals surface area contributed by atoms with Gasteiger partial charge in [0.05, 0.1) is 12.3 Å². The van der Waals surface area contributed by atoms with Crippen LogP contribution in [0.5, 0.6) is 0 Å². The van der Waals surface area contributed by atoms with Crippen LogP contribution in [0.2, 0.25) is 0 Å². The lowest BCUT2D eigenvalue weighted by molar-refractivity contribution is -0.143. The standard InChI is InChI=1S/C11H15N3O3/c1-3-17-11(16)8-12-10(15)5-4-9-6-7-13-14(9)2/h4-7H,3,8H2,1-2H3,(H,12,15)/b5-4+. The van der Waals surface area contributed by atoms with E-state index in [-0.39, 0.29) is 12.5 Å². The van der Waals surface area contributed by atoms with E-state index in [0.717, 1.165) is 5.69 Å². The summed E-state index contributed by atoms with van der Waals surface area (Å²) in [6, 6.07) is 1.77. The number of aromatic nitrogens is 2. The molecule has 17 heavy (non-hydrogen) atoms. The van der Waals surface area contributed by atoms with Crippen molar-refractivity contribution in [2.24, 2.45) is 7.05 Å². The Morgan fingerprint density at radius 1 is 1.59 bits per heavy atom. The predicted molar refractivity (Wildman–Crippen MR) is 61.9 cm³/mol. The molecular weight excluding hydrogens is 222 g/mol. The molecule has 6 heteroatoms. The van der Waals surface area contributed by atoms with E-state index in [0.29, 0.717) is 6.61 Å². The number of hydrogen-bond acceptors (Lipinski definition) is 4. The molecule has 0 atom stereocenters. The zero-order valence-electron chi connectivity index (χ0n) is 9.84. The van der Waals surface area contributed by atoms with Crippen LogP contribution >= 0.6 is 0 Å². The molecule has 0 fully saturated rings. The molecule has 0 radical (unpaired) electrons. The Bertz CT molecular complexity index is 423. The summed E-state index contributed by atoms with van der Waals surface area (Å²) in [5, 5.41) is 6.37. The summed E-state index contributed by atoms with van der Waals surface area (Å²) in [5.41, 5.74) is 0.802. The van der Waals surface area contributed by atoms with Gasteiger partial charge in [0.15, 0.2) is 0 Å². The van der Waals surface area contributed by atoms with Gasteiger partial charge in [0.25, 0.3) is 0 Å². The van der Waals surface area contributed by atoms with E-state index >= 15 is 0 Å². The summed E-state index contributed by atoms with van der Waals surface area (Å²) in [4.78, 5) is 22.3. The quantitative estimate of drug-likeness (QED) is 0.583. The van der Waals surface area contributed by atoms with E-state index in [1.54, 1.807) is 37.0 Å². The van der Waals surface area contributed by atoms with Crippen molar-refractivity contribution >= 4 is 18.0 Å². The number of hydrogen-bond donors (Lipinski definition) is 1. The van der Waals surface area contributed by atoms with Crippen molar-refractivity contribution in [2.75, 3.05) is 13.2 Å². The van der Waals surface area contributed by atoms with Gasteiger partial charge in [-0.15, -0.1) is 0 Å². The largest absolute Gasteiger partial charge is 0.465 e. The van der Waals surface area contributed by atoms with Gasteiger partial charge in [0, 0.05) is 19.3 Å². The third-order valence-corrected chi connectivity index (χ3v) is 1.98. The minimum Gasteiger partial charge on any atom is -0.465 e. The van der Waals surface area contributed by atoms with E-state index in [9.17, 15) is 9.59 Å². The number of rotatable bonds is 5.